The molecule has 0 amide bonds. The minimum absolute atomic E-state index is 0.0114. The Labute approximate surface area is 175 Å². The Bertz CT molecular complexity index is 952. The second-order valence-electron chi connectivity index (χ2n) is 6.59. The molecule has 3 aromatic carbocycles. The zero-order valence-electron chi connectivity index (χ0n) is 16.0. The third-order valence-electron chi connectivity index (χ3n) is 4.65. The summed E-state index contributed by atoms with van der Waals surface area (Å²) in [4.78, 5) is 24.1. The second kappa shape index (κ2) is 9.85. The van der Waals surface area contributed by atoms with E-state index in [4.69, 9.17) is 11.6 Å². The van der Waals surface area contributed by atoms with Crippen LogP contribution in [0.1, 0.15) is 29.0 Å². The van der Waals surface area contributed by atoms with Crippen LogP contribution in [0.4, 0.5) is 0 Å². The minimum Gasteiger partial charge on any atom is -0.463 e. The van der Waals surface area contributed by atoms with Crippen LogP contribution in [0.15, 0.2) is 91.0 Å². The predicted octanol–water partition coefficient (Wildman–Crippen LogP) is 5.69. The molecule has 4 heteroatoms. The number of carbonyl (C=O) groups is 2. The molecule has 1 unspecified atom stereocenters. The molecule has 0 aliphatic heterocycles. The number of benzene rings is 3. The third kappa shape index (κ3) is 5.43. The number of ether oxygens (including phenoxy) is 1. The Hall–Kier alpha value is -3.17. The lowest BCUT2D eigenvalue weighted by Gasteiger charge is -2.16. The summed E-state index contributed by atoms with van der Waals surface area (Å²) in [5.41, 5.74) is 3.95. The zero-order valence-corrected chi connectivity index (χ0v) is 16.8. The van der Waals surface area contributed by atoms with E-state index in [-0.39, 0.29) is 12.3 Å². The van der Waals surface area contributed by atoms with Gasteiger partial charge in [0, 0.05) is 17.4 Å². The van der Waals surface area contributed by atoms with Gasteiger partial charge in [0.25, 0.3) is 0 Å². The van der Waals surface area contributed by atoms with Gasteiger partial charge >= 0.3 is 5.97 Å². The number of hydrogen-bond donors (Lipinski definition) is 0. The standard InChI is InChI=1S/C25H21ClO3/c1-29-25(28)24(27)17-21(18-12-14-22(26)15-13-18)16-23(19-8-4-2-5-9-19)20-10-6-3-7-11-20/h2-16,21H,17H2,1H3. The van der Waals surface area contributed by atoms with Gasteiger partial charge in [0.15, 0.2) is 0 Å². The van der Waals surface area contributed by atoms with Crippen LogP contribution in [0.2, 0.25) is 5.02 Å². The van der Waals surface area contributed by atoms with Crippen molar-refractivity contribution in [2.75, 3.05) is 7.11 Å². The van der Waals surface area contributed by atoms with E-state index in [1.54, 1.807) is 12.1 Å². The summed E-state index contributed by atoms with van der Waals surface area (Å²) < 4.78 is 4.61. The molecule has 3 nitrogen and oxygen atoms in total. The van der Waals surface area contributed by atoms with Gasteiger partial charge < -0.3 is 4.74 Å². The number of carbonyl (C=O) groups excluding carboxylic acids is 2. The SMILES string of the molecule is COC(=O)C(=O)CC(C=C(c1ccccc1)c1ccccc1)c1ccc(Cl)cc1. The number of halogens is 1. The van der Waals surface area contributed by atoms with Gasteiger partial charge in [-0.05, 0) is 34.4 Å². The Morgan fingerprint density at radius 1 is 0.862 bits per heavy atom. The number of methoxy groups -OCH3 is 1. The van der Waals surface area contributed by atoms with E-state index < -0.39 is 11.8 Å². The minimum atomic E-state index is -0.835. The summed E-state index contributed by atoms with van der Waals surface area (Å²) >= 11 is 6.04. The molecule has 0 saturated heterocycles. The smallest absolute Gasteiger partial charge is 0.374 e. The lowest BCUT2D eigenvalue weighted by Crippen LogP contribution is -2.18. The largest absolute Gasteiger partial charge is 0.463 e. The molecule has 0 radical (unpaired) electrons. The number of Topliss-reactive ketones (excluding diaryl/α,β-unsaturated/α-hetero) is 1. The first-order valence-electron chi connectivity index (χ1n) is 9.27. The van der Waals surface area contributed by atoms with Crippen LogP contribution < -0.4 is 0 Å². The first kappa shape index (κ1) is 20.6. The van der Waals surface area contributed by atoms with Crippen molar-refractivity contribution in [3.05, 3.63) is 113 Å². The molecule has 0 spiro atoms. The van der Waals surface area contributed by atoms with Gasteiger partial charge in [0.05, 0.1) is 7.11 Å². The molecular formula is C25H21ClO3. The maximum atomic E-state index is 12.3. The highest BCUT2D eigenvalue weighted by Gasteiger charge is 2.21. The topological polar surface area (TPSA) is 43.4 Å². The summed E-state index contributed by atoms with van der Waals surface area (Å²) in [6.45, 7) is 0. The van der Waals surface area contributed by atoms with E-state index in [1.807, 2.05) is 78.9 Å². The molecule has 0 heterocycles. The number of rotatable bonds is 7. The Morgan fingerprint density at radius 2 is 1.38 bits per heavy atom. The van der Waals surface area contributed by atoms with Crippen molar-refractivity contribution in [2.45, 2.75) is 12.3 Å². The van der Waals surface area contributed by atoms with Crippen LogP contribution in [0.3, 0.4) is 0 Å². The second-order valence-corrected chi connectivity index (χ2v) is 7.03. The lowest BCUT2D eigenvalue weighted by atomic mass is 9.87. The highest BCUT2D eigenvalue weighted by Crippen LogP contribution is 2.31. The van der Waals surface area contributed by atoms with E-state index in [0.717, 1.165) is 22.3 Å². The predicted molar refractivity (Wildman–Crippen MR) is 116 cm³/mol. The van der Waals surface area contributed by atoms with Crippen molar-refractivity contribution in [1.29, 1.82) is 0 Å². The molecule has 0 saturated carbocycles. The number of esters is 1. The quantitative estimate of drug-likeness (QED) is 0.375. The van der Waals surface area contributed by atoms with Crippen molar-refractivity contribution >= 4 is 28.9 Å². The van der Waals surface area contributed by atoms with Gasteiger partial charge in [-0.3, -0.25) is 4.79 Å². The molecule has 146 valence electrons. The Kier molecular flexibility index (Phi) is 6.99. The molecule has 0 N–H and O–H groups in total. The number of ketones is 1. The van der Waals surface area contributed by atoms with Gasteiger partial charge in [-0.1, -0.05) is 90.5 Å². The van der Waals surface area contributed by atoms with Crippen LogP contribution in [-0.2, 0) is 14.3 Å². The van der Waals surface area contributed by atoms with Crippen molar-refractivity contribution in [1.82, 2.24) is 0 Å². The van der Waals surface area contributed by atoms with Gasteiger partial charge in [0.1, 0.15) is 0 Å². The lowest BCUT2D eigenvalue weighted by molar-refractivity contribution is -0.151. The normalized spacial score (nSPS) is 11.4. The third-order valence-corrected chi connectivity index (χ3v) is 4.91. The summed E-state index contributed by atoms with van der Waals surface area (Å²) in [7, 11) is 1.22. The van der Waals surface area contributed by atoms with Crippen molar-refractivity contribution in [3.8, 4) is 0 Å². The molecule has 0 bridgehead atoms. The summed E-state index contributed by atoms with van der Waals surface area (Å²) in [6, 6.07) is 27.3. The molecule has 0 aliphatic rings. The number of allylic oxidation sites excluding steroid dienone is 1. The molecule has 0 aromatic heterocycles. The van der Waals surface area contributed by atoms with E-state index in [2.05, 4.69) is 4.74 Å². The fourth-order valence-electron chi connectivity index (χ4n) is 3.18. The highest BCUT2D eigenvalue weighted by atomic mass is 35.5. The Balaban J connectivity index is 2.10. The fraction of sp³-hybridized carbons (Fsp3) is 0.120. The van der Waals surface area contributed by atoms with Crippen molar-refractivity contribution < 1.29 is 14.3 Å². The van der Waals surface area contributed by atoms with E-state index in [1.165, 1.54) is 7.11 Å². The van der Waals surface area contributed by atoms with Crippen molar-refractivity contribution in [2.24, 2.45) is 0 Å². The van der Waals surface area contributed by atoms with Gasteiger partial charge in [-0.15, -0.1) is 0 Å². The van der Waals surface area contributed by atoms with E-state index in [0.29, 0.717) is 5.02 Å². The molecule has 0 fully saturated rings. The summed E-state index contributed by atoms with van der Waals surface area (Å²) in [6.07, 6.45) is 2.05. The van der Waals surface area contributed by atoms with Crippen LogP contribution >= 0.6 is 11.6 Å². The van der Waals surface area contributed by atoms with Gasteiger partial charge in [0.2, 0.25) is 5.78 Å². The van der Waals surface area contributed by atoms with Gasteiger partial charge in [-0.25, -0.2) is 4.79 Å². The average Bonchev–Trinajstić information content (AvgIpc) is 2.77. The molecular weight excluding hydrogens is 384 g/mol. The summed E-state index contributed by atoms with van der Waals surface area (Å²) in [5.74, 6) is -1.71. The maximum Gasteiger partial charge on any atom is 0.374 e. The van der Waals surface area contributed by atoms with E-state index >= 15 is 0 Å². The summed E-state index contributed by atoms with van der Waals surface area (Å²) in [5, 5.41) is 0.613. The van der Waals surface area contributed by atoms with Crippen LogP contribution in [-0.4, -0.2) is 18.9 Å². The molecule has 3 rings (SSSR count). The fourth-order valence-corrected chi connectivity index (χ4v) is 3.30. The maximum absolute atomic E-state index is 12.3. The first-order chi connectivity index (χ1) is 14.1. The molecule has 29 heavy (non-hydrogen) atoms. The first-order valence-corrected chi connectivity index (χ1v) is 9.65. The van der Waals surface area contributed by atoms with Crippen LogP contribution in [0.25, 0.3) is 5.57 Å². The average molecular weight is 405 g/mol. The van der Waals surface area contributed by atoms with E-state index in [9.17, 15) is 9.59 Å². The number of hydrogen-bond acceptors (Lipinski definition) is 3. The Morgan fingerprint density at radius 3 is 1.86 bits per heavy atom. The van der Waals surface area contributed by atoms with Crippen LogP contribution in [0.5, 0.6) is 0 Å². The molecule has 3 aromatic rings. The molecule has 1 atom stereocenters. The highest BCUT2D eigenvalue weighted by molar-refractivity contribution is 6.33. The molecule has 0 aliphatic carbocycles. The van der Waals surface area contributed by atoms with Gasteiger partial charge in [-0.2, -0.15) is 0 Å². The van der Waals surface area contributed by atoms with Crippen molar-refractivity contribution in [3.63, 3.8) is 0 Å². The van der Waals surface area contributed by atoms with Crippen LogP contribution in [0, 0.1) is 0 Å². The monoisotopic (exact) mass is 404 g/mol. The zero-order chi connectivity index (χ0) is 20.6.